The highest BCUT2D eigenvalue weighted by Gasteiger charge is 2.27. The average Bonchev–Trinajstić information content (AvgIpc) is 2.41. The maximum absolute atomic E-state index is 12.1. The second-order valence-electron chi connectivity index (χ2n) is 5.90. The van der Waals surface area contributed by atoms with E-state index in [1.165, 1.54) is 0 Å². The van der Waals surface area contributed by atoms with Crippen molar-refractivity contribution < 1.29 is 20.1 Å². The molecule has 0 spiro atoms. The molecule has 0 aromatic heterocycles. The molecule has 0 aliphatic heterocycles. The Labute approximate surface area is 120 Å². The van der Waals surface area contributed by atoms with E-state index in [9.17, 15) is 15.0 Å². The van der Waals surface area contributed by atoms with Crippen LogP contribution in [-0.4, -0.2) is 40.9 Å². The zero-order valence-corrected chi connectivity index (χ0v) is 12.4. The van der Waals surface area contributed by atoms with Gasteiger partial charge in [-0.2, -0.15) is 0 Å². The Kier molecular flexibility index (Phi) is 6.59. The van der Waals surface area contributed by atoms with Gasteiger partial charge in [-0.25, -0.2) is 0 Å². The number of unbranched alkanes of at least 4 members (excludes halogenated alkanes) is 1. The molecule has 0 saturated heterocycles. The van der Waals surface area contributed by atoms with Crippen LogP contribution in [0.25, 0.3) is 0 Å². The van der Waals surface area contributed by atoms with E-state index in [0.717, 1.165) is 24.8 Å². The molecular formula is C16H26O4. The Hall–Kier alpha value is -0.970. The van der Waals surface area contributed by atoms with E-state index >= 15 is 0 Å². The number of rotatable bonds is 6. The van der Waals surface area contributed by atoms with Crippen molar-refractivity contribution in [1.29, 1.82) is 0 Å². The lowest BCUT2D eigenvalue weighted by molar-refractivity contribution is -0.116. The minimum atomic E-state index is -0.319. The number of hydrogen-bond acceptors (Lipinski definition) is 4. The molecular weight excluding hydrogens is 256 g/mol. The molecule has 0 amide bonds. The van der Waals surface area contributed by atoms with Crippen molar-refractivity contribution in [2.75, 3.05) is 19.8 Å². The molecule has 114 valence electrons. The van der Waals surface area contributed by atoms with Crippen LogP contribution in [0.2, 0.25) is 0 Å². The summed E-state index contributed by atoms with van der Waals surface area (Å²) < 4.78 is 0. The van der Waals surface area contributed by atoms with Gasteiger partial charge in [0.25, 0.3) is 0 Å². The Morgan fingerprint density at radius 3 is 2.50 bits per heavy atom. The quantitative estimate of drug-likeness (QED) is 0.511. The maximum Gasteiger partial charge on any atom is 0.158 e. The van der Waals surface area contributed by atoms with Crippen LogP contribution in [0.4, 0.5) is 0 Å². The zero-order chi connectivity index (χ0) is 15.2. The minimum Gasteiger partial charge on any atom is -0.396 e. The SMILES string of the molecule is C/C1=C/C(C)(CCCCO)/C=C(/CO)C(CO)CC1=O. The molecule has 0 radical (unpaired) electrons. The summed E-state index contributed by atoms with van der Waals surface area (Å²) in [5, 5.41) is 27.8. The van der Waals surface area contributed by atoms with Crippen LogP contribution in [0.1, 0.15) is 39.5 Å². The lowest BCUT2D eigenvalue weighted by Gasteiger charge is -2.29. The normalized spacial score (nSPS) is 32.9. The first kappa shape index (κ1) is 17.1. The number of hydrogen-bond donors (Lipinski definition) is 3. The second kappa shape index (κ2) is 7.72. The third-order valence-electron chi connectivity index (χ3n) is 3.98. The molecule has 3 N–H and O–H groups in total. The van der Waals surface area contributed by atoms with E-state index in [4.69, 9.17) is 5.11 Å². The van der Waals surface area contributed by atoms with Gasteiger partial charge in [0.1, 0.15) is 0 Å². The number of ketones is 1. The predicted molar refractivity (Wildman–Crippen MR) is 78.2 cm³/mol. The molecule has 1 aliphatic rings. The highest BCUT2D eigenvalue weighted by atomic mass is 16.3. The fourth-order valence-corrected chi connectivity index (χ4v) is 2.79. The van der Waals surface area contributed by atoms with Gasteiger partial charge in [-0.15, -0.1) is 0 Å². The zero-order valence-electron chi connectivity index (χ0n) is 12.4. The second-order valence-corrected chi connectivity index (χ2v) is 5.90. The van der Waals surface area contributed by atoms with Crippen molar-refractivity contribution in [3.05, 3.63) is 23.3 Å². The van der Waals surface area contributed by atoms with Crippen LogP contribution in [0.5, 0.6) is 0 Å². The van der Waals surface area contributed by atoms with Crippen molar-refractivity contribution in [2.24, 2.45) is 11.3 Å². The molecule has 2 unspecified atom stereocenters. The monoisotopic (exact) mass is 282 g/mol. The highest BCUT2D eigenvalue weighted by molar-refractivity contribution is 5.95. The third kappa shape index (κ3) is 4.54. The summed E-state index contributed by atoms with van der Waals surface area (Å²) in [6.07, 6.45) is 6.57. The summed E-state index contributed by atoms with van der Waals surface area (Å²) in [6.45, 7) is 3.72. The van der Waals surface area contributed by atoms with Gasteiger partial charge in [0.05, 0.1) is 13.2 Å². The van der Waals surface area contributed by atoms with E-state index in [1.807, 2.05) is 19.1 Å². The first-order chi connectivity index (χ1) is 9.45. The predicted octanol–water partition coefficient (Wildman–Crippen LogP) is 1.60. The summed E-state index contributed by atoms with van der Waals surface area (Å²) >= 11 is 0. The molecule has 0 aromatic rings. The Morgan fingerprint density at radius 1 is 1.25 bits per heavy atom. The van der Waals surface area contributed by atoms with Crippen molar-refractivity contribution in [2.45, 2.75) is 39.5 Å². The molecule has 4 heteroatoms. The molecule has 0 bridgehead atoms. The van der Waals surface area contributed by atoms with Gasteiger partial charge in [-0.1, -0.05) is 25.5 Å². The van der Waals surface area contributed by atoms with E-state index in [2.05, 4.69) is 0 Å². The van der Waals surface area contributed by atoms with Crippen molar-refractivity contribution in [3.8, 4) is 0 Å². The average molecular weight is 282 g/mol. The smallest absolute Gasteiger partial charge is 0.158 e. The number of carbonyl (C=O) groups excluding carboxylic acids is 1. The Morgan fingerprint density at radius 2 is 1.95 bits per heavy atom. The molecule has 20 heavy (non-hydrogen) atoms. The fraction of sp³-hybridized carbons (Fsp3) is 0.688. The van der Waals surface area contributed by atoms with E-state index in [-0.39, 0.29) is 43.4 Å². The number of aliphatic hydroxyl groups excluding tert-OH is 3. The van der Waals surface area contributed by atoms with Crippen LogP contribution in [-0.2, 0) is 4.79 Å². The highest BCUT2D eigenvalue weighted by Crippen LogP contribution is 2.35. The molecule has 1 aliphatic carbocycles. The van der Waals surface area contributed by atoms with E-state index in [0.29, 0.717) is 5.57 Å². The summed E-state index contributed by atoms with van der Waals surface area (Å²) in [4.78, 5) is 12.1. The van der Waals surface area contributed by atoms with Crippen molar-refractivity contribution in [1.82, 2.24) is 0 Å². The van der Waals surface area contributed by atoms with Crippen LogP contribution in [0, 0.1) is 11.3 Å². The van der Waals surface area contributed by atoms with E-state index in [1.54, 1.807) is 6.92 Å². The largest absolute Gasteiger partial charge is 0.396 e. The number of Topliss-reactive ketones (excluding diaryl/α,β-unsaturated/α-hetero) is 1. The first-order valence-corrected chi connectivity index (χ1v) is 7.22. The number of carbonyl (C=O) groups is 1. The van der Waals surface area contributed by atoms with Gasteiger partial charge in [0.2, 0.25) is 0 Å². The van der Waals surface area contributed by atoms with Crippen LogP contribution >= 0.6 is 0 Å². The van der Waals surface area contributed by atoms with Crippen LogP contribution in [0.15, 0.2) is 23.3 Å². The van der Waals surface area contributed by atoms with Crippen molar-refractivity contribution in [3.63, 3.8) is 0 Å². The van der Waals surface area contributed by atoms with E-state index < -0.39 is 0 Å². The molecule has 2 atom stereocenters. The molecule has 4 nitrogen and oxygen atoms in total. The van der Waals surface area contributed by atoms with Gasteiger partial charge in [0.15, 0.2) is 5.78 Å². The summed E-state index contributed by atoms with van der Waals surface area (Å²) in [5.41, 5.74) is 1.13. The Balaban J connectivity index is 3.09. The molecule has 0 fully saturated rings. The summed E-state index contributed by atoms with van der Waals surface area (Å²) in [6, 6.07) is 0. The summed E-state index contributed by atoms with van der Waals surface area (Å²) in [7, 11) is 0. The molecule has 0 heterocycles. The minimum absolute atomic E-state index is 0.0245. The van der Waals surface area contributed by atoms with Crippen molar-refractivity contribution >= 4 is 5.78 Å². The van der Waals surface area contributed by atoms with Crippen LogP contribution < -0.4 is 0 Å². The molecule has 0 saturated carbocycles. The number of allylic oxidation sites excluding steroid dienone is 3. The van der Waals surface area contributed by atoms with Gasteiger partial charge < -0.3 is 15.3 Å². The lowest BCUT2D eigenvalue weighted by atomic mass is 9.76. The fourth-order valence-electron chi connectivity index (χ4n) is 2.79. The summed E-state index contributed by atoms with van der Waals surface area (Å²) in [5.74, 6) is -0.273. The van der Waals surface area contributed by atoms with Crippen LogP contribution in [0.3, 0.4) is 0 Å². The maximum atomic E-state index is 12.1. The number of aliphatic hydroxyl groups is 3. The van der Waals surface area contributed by atoms with Gasteiger partial charge in [-0.05, 0) is 30.9 Å². The Bertz CT molecular complexity index is 397. The topological polar surface area (TPSA) is 77.8 Å². The first-order valence-electron chi connectivity index (χ1n) is 7.22. The van der Waals surface area contributed by atoms with Gasteiger partial charge >= 0.3 is 0 Å². The standard InChI is InChI=1S/C16H26O4/c1-12-8-16(2,5-3-4-6-17)9-14(11-19)13(10-18)7-15(12)20/h8-9,13,17-19H,3-7,10-11H2,1-2H3/b12-8-,14-9-. The third-order valence-corrected chi connectivity index (χ3v) is 3.98. The lowest BCUT2D eigenvalue weighted by Crippen LogP contribution is -2.24. The van der Waals surface area contributed by atoms with Gasteiger partial charge in [0, 0.05) is 24.4 Å². The molecule has 0 aromatic carbocycles. The molecule has 1 rings (SSSR count). The van der Waals surface area contributed by atoms with Gasteiger partial charge in [-0.3, -0.25) is 4.79 Å².